The first-order valence-corrected chi connectivity index (χ1v) is 9.30. The van der Waals surface area contributed by atoms with Crippen molar-refractivity contribution < 1.29 is 9.53 Å². The molecule has 0 saturated heterocycles. The maximum absolute atomic E-state index is 8.84. The fourth-order valence-electron chi connectivity index (χ4n) is 1.56. The fraction of sp³-hybridized carbons (Fsp3) is 0.857. The average molecular weight is 256 g/mol. The Kier molecular flexibility index (Phi) is 5.93. The maximum atomic E-state index is 8.84. The summed E-state index contributed by atoms with van der Waals surface area (Å²) in [5, 5.41) is 9.02. The number of aliphatic hydroxyl groups is 1. The van der Waals surface area contributed by atoms with Crippen LogP contribution < -0.4 is 0 Å². The minimum atomic E-state index is -1.81. The van der Waals surface area contributed by atoms with Crippen LogP contribution in [0.15, 0.2) is 0 Å². The van der Waals surface area contributed by atoms with Crippen LogP contribution in [-0.4, -0.2) is 25.6 Å². The van der Waals surface area contributed by atoms with Gasteiger partial charge in [0.1, 0.15) is 12.2 Å². The largest absolute Gasteiger partial charge is 0.401 e. The summed E-state index contributed by atoms with van der Waals surface area (Å²) in [5.41, 5.74) is -0.416. The van der Waals surface area contributed by atoms with Crippen LogP contribution in [-0.2, 0) is 4.43 Å². The molecule has 17 heavy (non-hydrogen) atoms. The molecule has 0 aliphatic rings. The third-order valence-corrected chi connectivity index (χ3v) is 8.02. The van der Waals surface area contributed by atoms with Gasteiger partial charge in [-0.25, -0.2) is 0 Å². The van der Waals surface area contributed by atoms with E-state index in [4.69, 9.17) is 9.53 Å². The van der Waals surface area contributed by atoms with E-state index in [1.54, 1.807) is 0 Å². The molecular weight excluding hydrogens is 228 g/mol. The lowest BCUT2D eigenvalue weighted by atomic mass is 10.0. The molecule has 0 bridgehead atoms. The average Bonchev–Trinajstić information content (AvgIpc) is 2.12. The van der Waals surface area contributed by atoms with Gasteiger partial charge >= 0.3 is 0 Å². The Labute approximate surface area is 108 Å². The molecule has 0 aromatic rings. The quantitative estimate of drug-likeness (QED) is 0.615. The third-order valence-electron chi connectivity index (χ3n) is 3.45. The van der Waals surface area contributed by atoms with Crippen molar-refractivity contribution in [2.24, 2.45) is 0 Å². The maximum Gasteiger partial charge on any atom is 0.194 e. The smallest absolute Gasteiger partial charge is 0.194 e. The van der Waals surface area contributed by atoms with E-state index < -0.39 is 13.9 Å². The molecule has 2 nitrogen and oxygen atoms in total. The first-order chi connectivity index (χ1) is 7.58. The zero-order valence-corrected chi connectivity index (χ0v) is 13.5. The van der Waals surface area contributed by atoms with Crippen LogP contribution in [0.25, 0.3) is 0 Å². The molecule has 0 rings (SSSR count). The molecule has 3 heteroatoms. The normalized spacial score (nSPS) is 16.0. The van der Waals surface area contributed by atoms with Gasteiger partial charge in [0.05, 0.1) is 0 Å². The van der Waals surface area contributed by atoms with Gasteiger partial charge in [-0.1, -0.05) is 46.0 Å². The molecular formula is C14H28O2Si. The van der Waals surface area contributed by atoms with Crippen molar-refractivity contribution in [1.29, 1.82) is 0 Å². The molecule has 0 aromatic heterocycles. The van der Waals surface area contributed by atoms with Gasteiger partial charge < -0.3 is 9.53 Å². The second-order valence-electron chi connectivity index (χ2n) is 6.30. The molecule has 0 aromatic carbocycles. The molecule has 0 heterocycles. The van der Waals surface area contributed by atoms with E-state index in [1.165, 1.54) is 0 Å². The molecule has 0 radical (unpaired) electrons. The molecule has 0 amide bonds. The van der Waals surface area contributed by atoms with E-state index in [9.17, 15) is 0 Å². The minimum Gasteiger partial charge on any atom is -0.401 e. The van der Waals surface area contributed by atoms with Gasteiger partial charge in [-0.2, -0.15) is 0 Å². The van der Waals surface area contributed by atoms with Crippen LogP contribution in [0, 0.1) is 11.8 Å². The summed E-state index contributed by atoms with van der Waals surface area (Å²) in [6.07, 6.45) is 1.94. The Hall–Kier alpha value is -0.303. The Balaban J connectivity index is 5.00. The molecule has 1 atom stereocenters. The van der Waals surface area contributed by atoms with Crippen LogP contribution in [0.5, 0.6) is 0 Å². The lowest BCUT2D eigenvalue weighted by Gasteiger charge is -2.42. The molecule has 0 saturated carbocycles. The van der Waals surface area contributed by atoms with Gasteiger partial charge in [0, 0.05) is 0 Å². The van der Waals surface area contributed by atoms with Gasteiger partial charge in [-0.05, 0) is 31.5 Å². The molecule has 1 N–H and O–H groups in total. The summed E-state index contributed by atoms with van der Waals surface area (Å²) in [7, 11) is -1.81. The van der Waals surface area contributed by atoms with E-state index in [1.807, 2.05) is 6.92 Å². The zero-order chi connectivity index (χ0) is 13.7. The van der Waals surface area contributed by atoms with Crippen LogP contribution in [0.1, 0.15) is 47.5 Å². The second kappa shape index (κ2) is 6.04. The summed E-state index contributed by atoms with van der Waals surface area (Å²) in [6, 6.07) is 0. The predicted octanol–water partition coefficient (Wildman–Crippen LogP) is 3.56. The van der Waals surface area contributed by atoms with Crippen LogP contribution >= 0.6 is 0 Å². The van der Waals surface area contributed by atoms with Crippen molar-refractivity contribution in [3.8, 4) is 11.8 Å². The van der Waals surface area contributed by atoms with E-state index in [0.29, 0.717) is 0 Å². The topological polar surface area (TPSA) is 29.5 Å². The first kappa shape index (κ1) is 16.7. The van der Waals surface area contributed by atoms with E-state index >= 15 is 0 Å². The summed E-state index contributed by atoms with van der Waals surface area (Å²) in [4.78, 5) is 0. The van der Waals surface area contributed by atoms with Gasteiger partial charge in [0.15, 0.2) is 8.32 Å². The number of aliphatic hydroxyl groups excluding tert-OH is 1. The molecule has 0 fully saturated rings. The Morgan fingerprint density at radius 2 is 1.71 bits per heavy atom. The van der Waals surface area contributed by atoms with Gasteiger partial charge in [0.25, 0.3) is 0 Å². The van der Waals surface area contributed by atoms with E-state index in [2.05, 4.69) is 52.6 Å². The van der Waals surface area contributed by atoms with Crippen molar-refractivity contribution in [2.45, 2.75) is 71.2 Å². The van der Waals surface area contributed by atoms with Gasteiger partial charge in [0.2, 0.25) is 0 Å². The van der Waals surface area contributed by atoms with Gasteiger partial charge in [-0.15, -0.1) is 0 Å². The van der Waals surface area contributed by atoms with Crippen LogP contribution in [0.2, 0.25) is 18.1 Å². The van der Waals surface area contributed by atoms with Crippen molar-refractivity contribution >= 4 is 8.32 Å². The standard InChI is InChI=1S/C14H28O2Si/c1-8-10-14(5,11-9-12-15)16-17(6,7)13(2,3)4/h15H,8,10,12H2,1-7H3. The lowest BCUT2D eigenvalue weighted by Crippen LogP contribution is -2.48. The second-order valence-corrected chi connectivity index (χ2v) is 11.0. The highest BCUT2D eigenvalue weighted by Crippen LogP contribution is 2.39. The SMILES string of the molecule is CCCC(C)(C#CCO)O[Si](C)(C)C(C)(C)C. The molecule has 1 unspecified atom stereocenters. The van der Waals surface area contributed by atoms with Crippen LogP contribution in [0.3, 0.4) is 0 Å². The summed E-state index contributed by atoms with van der Waals surface area (Å²) < 4.78 is 6.39. The van der Waals surface area contributed by atoms with Crippen molar-refractivity contribution in [2.75, 3.05) is 6.61 Å². The highest BCUT2D eigenvalue weighted by Gasteiger charge is 2.42. The fourth-order valence-corrected chi connectivity index (χ4v) is 3.14. The monoisotopic (exact) mass is 256 g/mol. The molecule has 0 spiro atoms. The lowest BCUT2D eigenvalue weighted by molar-refractivity contribution is 0.120. The number of rotatable bonds is 4. The number of hydrogen-bond acceptors (Lipinski definition) is 2. The molecule has 100 valence electrons. The van der Waals surface area contributed by atoms with Crippen molar-refractivity contribution in [1.82, 2.24) is 0 Å². The highest BCUT2D eigenvalue weighted by molar-refractivity contribution is 6.74. The predicted molar refractivity (Wildman–Crippen MR) is 76.5 cm³/mol. The third kappa shape index (κ3) is 5.24. The first-order valence-electron chi connectivity index (χ1n) is 6.39. The summed E-state index contributed by atoms with van der Waals surface area (Å²) >= 11 is 0. The minimum absolute atomic E-state index is 0.0971. The highest BCUT2D eigenvalue weighted by atomic mass is 28.4. The van der Waals surface area contributed by atoms with Crippen molar-refractivity contribution in [3.05, 3.63) is 0 Å². The molecule has 0 aliphatic carbocycles. The zero-order valence-electron chi connectivity index (χ0n) is 12.5. The Bertz CT molecular complexity index is 294. The Morgan fingerprint density at radius 1 is 1.18 bits per heavy atom. The number of hydrogen-bond donors (Lipinski definition) is 1. The van der Waals surface area contributed by atoms with E-state index in [0.717, 1.165) is 12.8 Å². The molecule has 0 aliphatic heterocycles. The van der Waals surface area contributed by atoms with Crippen molar-refractivity contribution in [3.63, 3.8) is 0 Å². The summed E-state index contributed by atoms with van der Waals surface area (Å²) in [5.74, 6) is 5.84. The Morgan fingerprint density at radius 3 is 2.06 bits per heavy atom. The van der Waals surface area contributed by atoms with E-state index in [-0.39, 0.29) is 11.6 Å². The van der Waals surface area contributed by atoms with Gasteiger partial charge in [-0.3, -0.25) is 0 Å². The summed E-state index contributed by atoms with van der Waals surface area (Å²) in [6.45, 7) is 15.2. The van der Waals surface area contributed by atoms with Crippen LogP contribution in [0.4, 0.5) is 0 Å².